The van der Waals surface area contributed by atoms with E-state index in [1.807, 2.05) is 23.6 Å². The molecule has 1 saturated carbocycles. The van der Waals surface area contributed by atoms with Gasteiger partial charge in [0, 0.05) is 20.5 Å². The Morgan fingerprint density at radius 3 is 2.84 bits per heavy atom. The van der Waals surface area contributed by atoms with Crippen LogP contribution in [0.1, 0.15) is 25.3 Å². The first-order valence-electron chi connectivity index (χ1n) is 6.18. The maximum Gasteiger partial charge on any atom is 0.228 e. The largest absolute Gasteiger partial charge is 0.347 e. The zero-order chi connectivity index (χ0) is 13.6. The van der Waals surface area contributed by atoms with Gasteiger partial charge in [0.15, 0.2) is 11.4 Å². The summed E-state index contributed by atoms with van der Waals surface area (Å²) >= 11 is 3.41. The maximum absolute atomic E-state index is 11.9. The number of aromatic nitrogens is 4. The summed E-state index contributed by atoms with van der Waals surface area (Å²) in [5, 5.41) is 0. The maximum atomic E-state index is 11.9. The number of ketones is 1. The van der Waals surface area contributed by atoms with Crippen LogP contribution in [-0.2, 0) is 4.79 Å². The van der Waals surface area contributed by atoms with E-state index in [9.17, 15) is 4.79 Å². The third kappa shape index (κ3) is 2.01. The third-order valence-corrected chi connectivity index (χ3v) is 3.93. The molecule has 0 radical (unpaired) electrons. The highest BCUT2D eigenvalue weighted by Crippen LogP contribution is 2.30. The van der Waals surface area contributed by atoms with Crippen molar-refractivity contribution in [1.82, 2.24) is 19.5 Å². The van der Waals surface area contributed by atoms with Gasteiger partial charge in [-0.25, -0.2) is 9.97 Å². The lowest BCUT2D eigenvalue weighted by Crippen LogP contribution is -2.16. The fourth-order valence-corrected chi connectivity index (χ4v) is 2.83. The fourth-order valence-electron chi connectivity index (χ4n) is 2.39. The van der Waals surface area contributed by atoms with E-state index in [4.69, 9.17) is 0 Å². The molecule has 1 aliphatic rings. The summed E-state index contributed by atoms with van der Waals surface area (Å²) in [5.41, 5.74) is 1.41. The lowest BCUT2D eigenvalue weighted by molar-refractivity contribution is -0.120. The second-order valence-electron chi connectivity index (χ2n) is 4.91. The van der Waals surface area contributed by atoms with Gasteiger partial charge in [0.25, 0.3) is 0 Å². The number of carbonyl (C=O) groups excluding carboxylic acids is 1. The van der Waals surface area contributed by atoms with Crippen LogP contribution in [0.2, 0.25) is 0 Å². The molecule has 0 saturated heterocycles. The standard InChI is InChI=1S/C12H14BrN5O/c1-17(2)12-15-10(13)9-11(16-12)18(6-14-9)7-4-3-5-8(7)19/h6-7H,3-5H2,1-2H3. The van der Waals surface area contributed by atoms with Crippen molar-refractivity contribution in [3.8, 4) is 0 Å². The highest BCUT2D eigenvalue weighted by atomic mass is 79.9. The summed E-state index contributed by atoms with van der Waals surface area (Å²) in [5.74, 6) is 0.868. The molecule has 0 spiro atoms. The zero-order valence-corrected chi connectivity index (χ0v) is 12.4. The number of carbonyl (C=O) groups is 1. The molecule has 3 rings (SSSR count). The summed E-state index contributed by atoms with van der Waals surface area (Å²) in [7, 11) is 3.77. The minimum absolute atomic E-state index is 0.123. The molecular formula is C12H14BrN5O. The first-order valence-corrected chi connectivity index (χ1v) is 6.97. The molecule has 0 aliphatic heterocycles. The number of Topliss-reactive ketones (excluding diaryl/α,β-unsaturated/α-hetero) is 1. The number of imidazole rings is 1. The molecule has 0 amide bonds. The molecule has 0 bridgehead atoms. The second kappa shape index (κ2) is 4.56. The van der Waals surface area contributed by atoms with E-state index in [-0.39, 0.29) is 11.8 Å². The van der Waals surface area contributed by atoms with E-state index in [2.05, 4.69) is 30.9 Å². The van der Waals surface area contributed by atoms with E-state index < -0.39 is 0 Å². The fraction of sp³-hybridized carbons (Fsp3) is 0.500. The van der Waals surface area contributed by atoms with Gasteiger partial charge >= 0.3 is 0 Å². The summed E-state index contributed by atoms with van der Waals surface area (Å²) in [6, 6.07) is -0.123. The predicted molar refractivity (Wildman–Crippen MR) is 75.2 cm³/mol. The minimum atomic E-state index is -0.123. The Morgan fingerprint density at radius 1 is 1.42 bits per heavy atom. The van der Waals surface area contributed by atoms with Crippen molar-refractivity contribution in [1.29, 1.82) is 0 Å². The highest BCUT2D eigenvalue weighted by molar-refractivity contribution is 9.10. The van der Waals surface area contributed by atoms with Crippen molar-refractivity contribution in [2.24, 2.45) is 0 Å². The van der Waals surface area contributed by atoms with Crippen LogP contribution in [0.4, 0.5) is 5.95 Å². The van der Waals surface area contributed by atoms with Gasteiger partial charge in [-0.2, -0.15) is 4.98 Å². The second-order valence-corrected chi connectivity index (χ2v) is 5.66. The van der Waals surface area contributed by atoms with E-state index in [0.717, 1.165) is 12.8 Å². The lowest BCUT2D eigenvalue weighted by Gasteiger charge is -2.13. The van der Waals surface area contributed by atoms with Gasteiger partial charge in [-0.15, -0.1) is 0 Å². The molecule has 1 unspecified atom stereocenters. The summed E-state index contributed by atoms with van der Waals surface area (Å²) in [6.45, 7) is 0. The van der Waals surface area contributed by atoms with Crippen molar-refractivity contribution in [3.05, 3.63) is 10.9 Å². The van der Waals surface area contributed by atoms with Crippen LogP contribution in [0.15, 0.2) is 10.9 Å². The average Bonchev–Trinajstić information content (AvgIpc) is 2.94. The molecule has 1 atom stereocenters. The van der Waals surface area contributed by atoms with Crippen LogP contribution < -0.4 is 4.90 Å². The first kappa shape index (κ1) is 12.5. The topological polar surface area (TPSA) is 63.9 Å². The van der Waals surface area contributed by atoms with Crippen LogP contribution in [0.3, 0.4) is 0 Å². The van der Waals surface area contributed by atoms with Crippen molar-refractivity contribution in [3.63, 3.8) is 0 Å². The Kier molecular flexibility index (Phi) is 3.00. The number of hydrogen-bond acceptors (Lipinski definition) is 5. The smallest absolute Gasteiger partial charge is 0.228 e. The Bertz CT molecular complexity index is 651. The minimum Gasteiger partial charge on any atom is -0.347 e. The molecule has 100 valence electrons. The van der Waals surface area contributed by atoms with Gasteiger partial charge in [0.05, 0.1) is 12.4 Å². The number of halogens is 1. The Balaban J connectivity index is 2.18. The average molecular weight is 324 g/mol. The van der Waals surface area contributed by atoms with Crippen LogP contribution in [0.25, 0.3) is 11.2 Å². The molecule has 2 aromatic rings. The van der Waals surface area contributed by atoms with E-state index >= 15 is 0 Å². The van der Waals surface area contributed by atoms with Crippen molar-refractivity contribution in [2.45, 2.75) is 25.3 Å². The van der Waals surface area contributed by atoms with Crippen molar-refractivity contribution >= 4 is 38.8 Å². The van der Waals surface area contributed by atoms with Gasteiger partial charge in [-0.3, -0.25) is 4.79 Å². The van der Waals surface area contributed by atoms with Gasteiger partial charge in [-0.1, -0.05) is 0 Å². The predicted octanol–water partition coefficient (Wildman–Crippen LogP) is 1.95. The quantitative estimate of drug-likeness (QED) is 0.790. The zero-order valence-electron chi connectivity index (χ0n) is 10.8. The molecule has 0 aromatic carbocycles. The Labute approximate surface area is 119 Å². The molecule has 2 heterocycles. The summed E-state index contributed by atoms with van der Waals surface area (Å²) in [4.78, 5) is 26.9. The monoisotopic (exact) mass is 323 g/mol. The highest BCUT2D eigenvalue weighted by Gasteiger charge is 2.28. The molecule has 7 heteroatoms. The number of hydrogen-bond donors (Lipinski definition) is 0. The normalized spacial score (nSPS) is 19.3. The van der Waals surface area contributed by atoms with E-state index in [1.54, 1.807) is 6.33 Å². The van der Waals surface area contributed by atoms with Crippen molar-refractivity contribution < 1.29 is 4.79 Å². The van der Waals surface area contributed by atoms with Gasteiger partial charge in [0.1, 0.15) is 10.1 Å². The van der Waals surface area contributed by atoms with Crippen molar-refractivity contribution in [2.75, 3.05) is 19.0 Å². The van der Waals surface area contributed by atoms with Crippen LogP contribution in [0, 0.1) is 0 Å². The molecular weight excluding hydrogens is 310 g/mol. The number of fused-ring (bicyclic) bond motifs is 1. The number of nitrogens with zero attached hydrogens (tertiary/aromatic N) is 5. The number of rotatable bonds is 2. The molecule has 1 aliphatic carbocycles. The van der Waals surface area contributed by atoms with E-state index in [0.29, 0.717) is 28.1 Å². The summed E-state index contributed by atoms with van der Waals surface area (Å²) < 4.78 is 2.54. The Hall–Kier alpha value is -1.50. The van der Waals surface area contributed by atoms with Gasteiger partial charge < -0.3 is 9.47 Å². The molecule has 0 N–H and O–H groups in total. The molecule has 6 nitrogen and oxygen atoms in total. The van der Waals surface area contributed by atoms with E-state index in [1.165, 1.54) is 0 Å². The SMILES string of the molecule is CN(C)c1nc(Br)c2ncn(C3CCCC3=O)c2n1. The first-order chi connectivity index (χ1) is 9.08. The van der Waals surface area contributed by atoms with Crippen LogP contribution in [0.5, 0.6) is 0 Å². The molecule has 1 fully saturated rings. The Morgan fingerprint density at radius 2 is 2.21 bits per heavy atom. The molecule has 19 heavy (non-hydrogen) atoms. The number of anilines is 1. The van der Waals surface area contributed by atoms with Gasteiger partial charge in [0.2, 0.25) is 5.95 Å². The lowest BCUT2D eigenvalue weighted by atomic mass is 10.2. The van der Waals surface area contributed by atoms with Crippen LogP contribution >= 0.6 is 15.9 Å². The third-order valence-electron chi connectivity index (χ3n) is 3.38. The van der Waals surface area contributed by atoms with Crippen LogP contribution in [-0.4, -0.2) is 39.4 Å². The summed E-state index contributed by atoms with van der Waals surface area (Å²) in [6.07, 6.45) is 4.15. The molecule has 2 aromatic heterocycles. The van der Waals surface area contributed by atoms with Gasteiger partial charge in [-0.05, 0) is 28.8 Å².